The molecule has 1 N–H and O–H groups in total. The van der Waals surface area contributed by atoms with Crippen molar-refractivity contribution < 1.29 is 14.0 Å². The molecule has 156 valence electrons. The number of imidazole rings is 1. The maximum absolute atomic E-state index is 13.3. The van der Waals surface area contributed by atoms with E-state index in [4.69, 9.17) is 4.42 Å². The average molecular weight is 414 g/mol. The zero-order chi connectivity index (χ0) is 21.4. The maximum atomic E-state index is 13.3. The van der Waals surface area contributed by atoms with Gasteiger partial charge in [0.1, 0.15) is 11.8 Å². The third-order valence-corrected chi connectivity index (χ3v) is 5.60. The number of carbonyl (C=O) groups excluding carboxylic acids is 2. The lowest BCUT2D eigenvalue weighted by Gasteiger charge is -2.15. The smallest absolute Gasteiger partial charge is 0.253 e. The molecule has 1 aliphatic heterocycles. The first-order valence-corrected chi connectivity index (χ1v) is 10.3. The van der Waals surface area contributed by atoms with E-state index in [-0.39, 0.29) is 24.8 Å². The maximum Gasteiger partial charge on any atom is 0.253 e. The molecule has 7 heteroatoms. The molecule has 2 aromatic heterocycles. The lowest BCUT2D eigenvalue weighted by molar-refractivity contribution is -0.124. The van der Waals surface area contributed by atoms with E-state index in [0.29, 0.717) is 11.7 Å². The number of anilines is 2. The van der Waals surface area contributed by atoms with Gasteiger partial charge in [0.15, 0.2) is 0 Å². The van der Waals surface area contributed by atoms with E-state index in [1.807, 2.05) is 59.2 Å². The number of amides is 2. The van der Waals surface area contributed by atoms with Crippen molar-refractivity contribution in [2.75, 3.05) is 10.2 Å². The van der Waals surface area contributed by atoms with Crippen molar-refractivity contribution in [2.24, 2.45) is 0 Å². The number of fused-ring (bicyclic) bond motifs is 3. The number of para-hydroxylation sites is 2. The van der Waals surface area contributed by atoms with Crippen LogP contribution in [0.2, 0.25) is 0 Å². The lowest BCUT2D eigenvalue weighted by atomic mass is 10.1. The van der Waals surface area contributed by atoms with Crippen LogP contribution in [0.5, 0.6) is 0 Å². The van der Waals surface area contributed by atoms with Crippen LogP contribution in [0.25, 0.3) is 11.0 Å². The first kappa shape index (κ1) is 19.1. The van der Waals surface area contributed by atoms with Crippen LogP contribution in [-0.4, -0.2) is 21.4 Å². The minimum Gasteiger partial charge on any atom is -0.467 e. The summed E-state index contributed by atoms with van der Waals surface area (Å²) in [5, 5.41) is 2.91. The second kappa shape index (κ2) is 7.75. The van der Waals surface area contributed by atoms with Crippen molar-refractivity contribution in [1.82, 2.24) is 9.55 Å². The Morgan fingerprint density at radius 1 is 1.10 bits per heavy atom. The summed E-state index contributed by atoms with van der Waals surface area (Å²) in [6.07, 6.45) is 2.54. The van der Waals surface area contributed by atoms with Crippen LogP contribution in [0.3, 0.4) is 0 Å². The van der Waals surface area contributed by atoms with Crippen LogP contribution < -0.4 is 10.2 Å². The van der Waals surface area contributed by atoms with Gasteiger partial charge in [0.25, 0.3) is 5.91 Å². The lowest BCUT2D eigenvalue weighted by Crippen LogP contribution is -2.31. The van der Waals surface area contributed by atoms with Crippen LogP contribution in [0.15, 0.2) is 71.3 Å². The number of benzene rings is 2. The first-order valence-electron chi connectivity index (χ1n) is 10.3. The number of furan rings is 1. The summed E-state index contributed by atoms with van der Waals surface area (Å²) in [4.78, 5) is 32.4. The number of hydrogen-bond donors (Lipinski definition) is 1. The van der Waals surface area contributed by atoms with Crippen LogP contribution in [-0.2, 0) is 22.6 Å². The van der Waals surface area contributed by atoms with Crippen molar-refractivity contribution >= 4 is 34.5 Å². The number of aryl methyl sites for hydroxylation is 1. The Balaban J connectivity index is 1.44. The highest BCUT2D eigenvalue weighted by Gasteiger charge is 2.41. The van der Waals surface area contributed by atoms with E-state index in [2.05, 4.69) is 17.2 Å². The molecule has 2 aromatic carbocycles. The zero-order valence-corrected chi connectivity index (χ0v) is 17.1. The Labute approximate surface area is 179 Å². The number of rotatable bonds is 6. The number of nitrogens with zero attached hydrogens (tertiary/aromatic N) is 3. The van der Waals surface area contributed by atoms with Gasteiger partial charge in [0.2, 0.25) is 11.9 Å². The van der Waals surface area contributed by atoms with Crippen molar-refractivity contribution in [1.29, 1.82) is 0 Å². The SMILES string of the molecule is CCc1ccc(NC(=O)C[C@@H]2C(=O)N(Cc3ccco3)c3nc4ccccc4n32)cc1. The van der Waals surface area contributed by atoms with Crippen LogP contribution in [0.4, 0.5) is 11.6 Å². The van der Waals surface area contributed by atoms with Gasteiger partial charge in [-0.05, 0) is 48.4 Å². The van der Waals surface area contributed by atoms with Crippen LogP contribution in [0, 0.1) is 0 Å². The van der Waals surface area contributed by atoms with Crippen molar-refractivity contribution in [2.45, 2.75) is 32.4 Å². The van der Waals surface area contributed by atoms with Gasteiger partial charge >= 0.3 is 0 Å². The standard InChI is InChI=1S/C24H22N4O3/c1-2-16-9-11-17(12-10-16)25-22(29)14-21-23(30)27(15-18-6-5-13-31-18)24-26-19-7-3-4-8-20(19)28(21)24/h3-13,21H,2,14-15H2,1H3,(H,25,29)/t21-/m1/s1. The van der Waals surface area contributed by atoms with Gasteiger partial charge < -0.3 is 9.73 Å². The molecule has 1 aliphatic rings. The van der Waals surface area contributed by atoms with E-state index in [9.17, 15) is 9.59 Å². The molecule has 0 fully saturated rings. The topological polar surface area (TPSA) is 80.4 Å². The Bertz CT molecular complexity index is 1240. The van der Waals surface area contributed by atoms with E-state index < -0.39 is 6.04 Å². The fourth-order valence-corrected chi connectivity index (χ4v) is 4.02. The Morgan fingerprint density at radius 3 is 2.65 bits per heavy atom. The number of hydrogen-bond acceptors (Lipinski definition) is 4. The monoisotopic (exact) mass is 414 g/mol. The van der Waals surface area contributed by atoms with E-state index in [1.54, 1.807) is 17.2 Å². The summed E-state index contributed by atoms with van der Waals surface area (Å²) in [5.74, 6) is 0.813. The summed E-state index contributed by atoms with van der Waals surface area (Å²) in [5.41, 5.74) is 3.54. The third-order valence-electron chi connectivity index (χ3n) is 5.60. The van der Waals surface area contributed by atoms with Crippen molar-refractivity contribution in [3.63, 3.8) is 0 Å². The molecule has 0 bridgehead atoms. The van der Waals surface area contributed by atoms with Gasteiger partial charge in [-0.1, -0.05) is 31.2 Å². The van der Waals surface area contributed by atoms with Gasteiger partial charge in [0.05, 0.1) is 30.3 Å². The molecule has 0 saturated heterocycles. The summed E-state index contributed by atoms with van der Waals surface area (Å²) < 4.78 is 7.30. The summed E-state index contributed by atoms with van der Waals surface area (Å²) >= 11 is 0. The molecule has 0 aliphatic carbocycles. The molecular weight excluding hydrogens is 392 g/mol. The van der Waals surface area contributed by atoms with Gasteiger partial charge in [0, 0.05) is 5.69 Å². The predicted molar refractivity (Wildman–Crippen MR) is 118 cm³/mol. The average Bonchev–Trinajstić information content (AvgIpc) is 3.48. The highest BCUT2D eigenvalue weighted by atomic mass is 16.3. The summed E-state index contributed by atoms with van der Waals surface area (Å²) in [6, 6.07) is 18.3. The summed E-state index contributed by atoms with van der Waals surface area (Å²) in [7, 11) is 0. The number of aromatic nitrogens is 2. The quantitative estimate of drug-likeness (QED) is 0.510. The second-order valence-corrected chi connectivity index (χ2v) is 7.59. The highest BCUT2D eigenvalue weighted by molar-refractivity contribution is 6.05. The fraction of sp³-hybridized carbons (Fsp3) is 0.208. The Kier molecular flexibility index (Phi) is 4.78. The Hall–Kier alpha value is -3.87. The molecule has 3 heterocycles. The van der Waals surface area contributed by atoms with Gasteiger partial charge in [-0.15, -0.1) is 0 Å². The first-order chi connectivity index (χ1) is 15.1. The predicted octanol–water partition coefficient (Wildman–Crippen LogP) is 4.31. The third kappa shape index (κ3) is 3.48. The molecule has 7 nitrogen and oxygen atoms in total. The zero-order valence-electron chi connectivity index (χ0n) is 17.1. The molecule has 5 rings (SSSR count). The molecule has 4 aromatic rings. The van der Waals surface area contributed by atoms with E-state index >= 15 is 0 Å². The van der Waals surface area contributed by atoms with Crippen molar-refractivity contribution in [3.05, 3.63) is 78.3 Å². The van der Waals surface area contributed by atoms with E-state index in [1.165, 1.54) is 5.56 Å². The molecule has 0 unspecified atom stereocenters. The number of carbonyl (C=O) groups is 2. The van der Waals surface area contributed by atoms with Gasteiger partial charge in [-0.3, -0.25) is 19.1 Å². The minimum absolute atomic E-state index is 0.0242. The molecule has 0 saturated carbocycles. The highest BCUT2D eigenvalue weighted by Crippen LogP contribution is 2.37. The number of nitrogens with one attached hydrogen (secondary N) is 1. The summed E-state index contributed by atoms with van der Waals surface area (Å²) in [6.45, 7) is 2.35. The largest absolute Gasteiger partial charge is 0.467 e. The molecule has 2 amide bonds. The fourth-order valence-electron chi connectivity index (χ4n) is 4.02. The molecule has 0 radical (unpaired) electrons. The van der Waals surface area contributed by atoms with Gasteiger partial charge in [-0.25, -0.2) is 4.98 Å². The van der Waals surface area contributed by atoms with E-state index in [0.717, 1.165) is 23.1 Å². The van der Waals surface area contributed by atoms with Crippen molar-refractivity contribution in [3.8, 4) is 0 Å². The second-order valence-electron chi connectivity index (χ2n) is 7.59. The molecule has 0 spiro atoms. The molecular formula is C24H22N4O3. The molecule has 1 atom stereocenters. The Morgan fingerprint density at radius 2 is 1.90 bits per heavy atom. The molecule has 31 heavy (non-hydrogen) atoms. The van der Waals surface area contributed by atoms with Crippen LogP contribution >= 0.6 is 0 Å². The normalized spacial score (nSPS) is 15.5. The minimum atomic E-state index is -0.660. The van der Waals surface area contributed by atoms with Crippen LogP contribution in [0.1, 0.15) is 30.7 Å². The van der Waals surface area contributed by atoms with Gasteiger partial charge in [-0.2, -0.15) is 0 Å².